The van der Waals surface area contributed by atoms with Crippen LogP contribution in [0.5, 0.6) is 0 Å². The Balaban J connectivity index is 1.42. The van der Waals surface area contributed by atoms with E-state index in [9.17, 15) is 14.0 Å². The number of piperidine rings is 1. The van der Waals surface area contributed by atoms with Crippen LogP contribution in [0.1, 0.15) is 34.6 Å². The summed E-state index contributed by atoms with van der Waals surface area (Å²) in [6.45, 7) is 4.26. The van der Waals surface area contributed by atoms with Crippen LogP contribution >= 0.6 is 11.3 Å². The lowest BCUT2D eigenvalue weighted by molar-refractivity contribution is -0.126. The van der Waals surface area contributed by atoms with Crippen LogP contribution in [0.4, 0.5) is 4.39 Å². The fourth-order valence-corrected chi connectivity index (χ4v) is 5.13. The molecule has 3 aromatic rings. The fourth-order valence-electron chi connectivity index (χ4n) is 3.98. The fraction of sp³-hybridized carbons (Fsp3) is 0.435. The van der Waals surface area contributed by atoms with Crippen molar-refractivity contribution in [2.45, 2.75) is 26.2 Å². The average Bonchev–Trinajstić information content (AvgIpc) is 3.37. The van der Waals surface area contributed by atoms with E-state index in [2.05, 4.69) is 10.4 Å². The van der Waals surface area contributed by atoms with Crippen molar-refractivity contribution in [3.8, 4) is 5.69 Å². The molecule has 2 amide bonds. The van der Waals surface area contributed by atoms with E-state index >= 15 is 0 Å². The number of rotatable bonds is 7. The lowest BCUT2D eigenvalue weighted by Gasteiger charge is -2.31. The SMILES string of the molecule is COCCCNC(=O)C1CCN(C(=O)c2cc3c(C)nn(-c4ccc(F)cc4)c3s2)CC1. The second-order valence-corrected chi connectivity index (χ2v) is 9.04. The number of likely N-dealkylation sites (tertiary alicyclic amines) is 1. The number of methoxy groups -OCH3 is 1. The number of nitrogens with one attached hydrogen (secondary N) is 1. The third-order valence-corrected chi connectivity index (χ3v) is 6.90. The van der Waals surface area contributed by atoms with E-state index in [-0.39, 0.29) is 23.5 Å². The number of hydrogen-bond donors (Lipinski definition) is 1. The molecule has 0 unspecified atom stereocenters. The van der Waals surface area contributed by atoms with Gasteiger partial charge in [0.2, 0.25) is 5.91 Å². The molecular formula is C23H27FN4O3S. The van der Waals surface area contributed by atoms with Gasteiger partial charge in [-0.15, -0.1) is 11.3 Å². The number of nitrogens with zero attached hydrogens (tertiary/aromatic N) is 3. The highest BCUT2D eigenvalue weighted by Crippen LogP contribution is 2.32. The van der Waals surface area contributed by atoms with Gasteiger partial charge in [0.25, 0.3) is 5.91 Å². The van der Waals surface area contributed by atoms with Crippen molar-refractivity contribution >= 4 is 33.4 Å². The van der Waals surface area contributed by atoms with Crippen LogP contribution in [0, 0.1) is 18.7 Å². The Morgan fingerprint density at radius 1 is 1.25 bits per heavy atom. The molecule has 0 spiro atoms. The number of benzene rings is 1. The molecule has 2 aromatic heterocycles. The van der Waals surface area contributed by atoms with Crippen LogP contribution in [0.2, 0.25) is 0 Å². The first-order valence-electron chi connectivity index (χ1n) is 10.8. The second-order valence-electron chi connectivity index (χ2n) is 8.01. The van der Waals surface area contributed by atoms with E-state index in [4.69, 9.17) is 4.74 Å². The Morgan fingerprint density at radius 2 is 1.97 bits per heavy atom. The van der Waals surface area contributed by atoms with Gasteiger partial charge < -0.3 is 15.0 Å². The minimum absolute atomic E-state index is 0.0183. The first-order chi connectivity index (χ1) is 15.5. The quantitative estimate of drug-likeness (QED) is 0.550. The van der Waals surface area contributed by atoms with Gasteiger partial charge in [0.15, 0.2) is 0 Å². The maximum Gasteiger partial charge on any atom is 0.264 e. The number of carbonyl (C=O) groups excluding carboxylic acids is 2. The zero-order valence-corrected chi connectivity index (χ0v) is 19.1. The monoisotopic (exact) mass is 458 g/mol. The number of ether oxygens (including phenoxy) is 1. The Morgan fingerprint density at radius 3 is 2.66 bits per heavy atom. The van der Waals surface area contributed by atoms with Crippen LogP contribution in [0.15, 0.2) is 30.3 Å². The van der Waals surface area contributed by atoms with Crippen LogP contribution in [-0.2, 0) is 9.53 Å². The zero-order valence-electron chi connectivity index (χ0n) is 18.3. The average molecular weight is 459 g/mol. The van der Waals surface area contributed by atoms with Gasteiger partial charge in [0.1, 0.15) is 10.6 Å². The summed E-state index contributed by atoms with van der Waals surface area (Å²) in [5.74, 6) is -0.318. The third kappa shape index (κ3) is 4.68. The molecule has 0 bridgehead atoms. The Hall–Kier alpha value is -2.78. The zero-order chi connectivity index (χ0) is 22.7. The highest BCUT2D eigenvalue weighted by molar-refractivity contribution is 7.20. The molecule has 3 heterocycles. The maximum atomic E-state index is 13.3. The summed E-state index contributed by atoms with van der Waals surface area (Å²) < 4.78 is 20.1. The van der Waals surface area contributed by atoms with Gasteiger partial charge >= 0.3 is 0 Å². The molecule has 1 aliphatic rings. The first-order valence-corrected chi connectivity index (χ1v) is 11.6. The van der Waals surface area contributed by atoms with Gasteiger partial charge in [-0.05, 0) is 56.5 Å². The van der Waals surface area contributed by atoms with E-state index < -0.39 is 0 Å². The number of hydrogen-bond acceptors (Lipinski definition) is 5. The molecule has 4 rings (SSSR count). The number of amides is 2. The largest absolute Gasteiger partial charge is 0.385 e. The topological polar surface area (TPSA) is 76.5 Å². The van der Waals surface area contributed by atoms with Crippen LogP contribution < -0.4 is 5.32 Å². The number of halogens is 1. The Labute approximate surface area is 190 Å². The van der Waals surface area contributed by atoms with Crippen molar-refractivity contribution in [3.63, 3.8) is 0 Å². The molecule has 1 saturated heterocycles. The minimum atomic E-state index is -0.303. The summed E-state index contributed by atoms with van der Waals surface area (Å²) in [6, 6.07) is 8.03. The van der Waals surface area contributed by atoms with Gasteiger partial charge in [-0.25, -0.2) is 9.07 Å². The molecule has 1 aromatic carbocycles. The van der Waals surface area contributed by atoms with Crippen molar-refractivity contribution in [2.24, 2.45) is 5.92 Å². The summed E-state index contributed by atoms with van der Waals surface area (Å²) >= 11 is 1.39. The summed E-state index contributed by atoms with van der Waals surface area (Å²) in [4.78, 5) is 28.8. The van der Waals surface area contributed by atoms with Gasteiger partial charge in [-0.1, -0.05) is 0 Å². The smallest absolute Gasteiger partial charge is 0.264 e. The van der Waals surface area contributed by atoms with E-state index in [0.717, 1.165) is 28.0 Å². The van der Waals surface area contributed by atoms with E-state index in [1.807, 2.05) is 17.9 Å². The molecule has 170 valence electrons. The summed E-state index contributed by atoms with van der Waals surface area (Å²) in [6.07, 6.45) is 2.12. The van der Waals surface area contributed by atoms with Gasteiger partial charge in [-0.2, -0.15) is 5.10 Å². The minimum Gasteiger partial charge on any atom is -0.385 e. The Kier molecular flexibility index (Phi) is 6.86. The van der Waals surface area contributed by atoms with Crippen molar-refractivity contribution in [1.82, 2.24) is 20.0 Å². The number of thiophene rings is 1. The molecule has 0 aliphatic carbocycles. The molecule has 0 atom stereocenters. The lowest BCUT2D eigenvalue weighted by Crippen LogP contribution is -2.43. The molecule has 1 fully saturated rings. The summed E-state index contributed by atoms with van der Waals surface area (Å²) in [5.41, 5.74) is 1.58. The van der Waals surface area contributed by atoms with Gasteiger partial charge in [-0.3, -0.25) is 9.59 Å². The molecule has 7 nitrogen and oxygen atoms in total. The van der Waals surface area contributed by atoms with E-state index in [1.165, 1.54) is 23.5 Å². The van der Waals surface area contributed by atoms with E-state index in [0.29, 0.717) is 44.0 Å². The van der Waals surface area contributed by atoms with Crippen molar-refractivity contribution < 1.29 is 18.7 Å². The third-order valence-electron chi connectivity index (χ3n) is 5.80. The molecule has 1 aliphatic heterocycles. The number of carbonyl (C=O) groups is 2. The Bertz CT molecular complexity index is 1100. The highest BCUT2D eigenvalue weighted by Gasteiger charge is 2.29. The number of aryl methyl sites for hydroxylation is 1. The standard InChI is InChI=1S/C23H27FN4O3S/c1-15-19-14-20(32-23(19)28(26-15)18-6-4-17(24)5-7-18)22(30)27-11-8-16(9-12-27)21(29)25-10-3-13-31-2/h4-7,14,16H,3,8-13H2,1-2H3,(H,25,29). The van der Waals surface area contributed by atoms with E-state index in [1.54, 1.807) is 23.9 Å². The highest BCUT2D eigenvalue weighted by atomic mass is 32.1. The predicted molar refractivity (Wildman–Crippen MR) is 122 cm³/mol. The molecular weight excluding hydrogens is 431 g/mol. The second kappa shape index (κ2) is 9.79. The molecule has 0 radical (unpaired) electrons. The normalized spacial score (nSPS) is 14.8. The number of fused-ring (bicyclic) bond motifs is 1. The molecule has 0 saturated carbocycles. The van der Waals surface area contributed by atoms with Crippen molar-refractivity contribution in [1.29, 1.82) is 0 Å². The van der Waals surface area contributed by atoms with Gasteiger partial charge in [0.05, 0.1) is 16.3 Å². The van der Waals surface area contributed by atoms with Crippen LogP contribution in [0.3, 0.4) is 0 Å². The predicted octanol–water partition coefficient (Wildman–Crippen LogP) is 3.54. The van der Waals surface area contributed by atoms with Crippen molar-refractivity contribution in [2.75, 3.05) is 33.4 Å². The van der Waals surface area contributed by atoms with Crippen LogP contribution in [-0.4, -0.2) is 59.8 Å². The molecule has 9 heteroatoms. The van der Waals surface area contributed by atoms with Gasteiger partial charge in [0, 0.05) is 44.7 Å². The molecule has 32 heavy (non-hydrogen) atoms. The van der Waals surface area contributed by atoms with Crippen LogP contribution in [0.25, 0.3) is 15.9 Å². The molecule has 1 N–H and O–H groups in total. The van der Waals surface area contributed by atoms with Crippen molar-refractivity contribution in [3.05, 3.63) is 46.7 Å². The first kappa shape index (κ1) is 22.4. The number of aromatic nitrogens is 2. The maximum absolute atomic E-state index is 13.3. The lowest BCUT2D eigenvalue weighted by atomic mass is 9.95. The summed E-state index contributed by atoms with van der Waals surface area (Å²) in [5, 5.41) is 8.43. The summed E-state index contributed by atoms with van der Waals surface area (Å²) in [7, 11) is 1.64.